The van der Waals surface area contributed by atoms with E-state index in [1.165, 1.54) is 4.88 Å². The Morgan fingerprint density at radius 3 is 2.95 bits per heavy atom. The van der Waals surface area contributed by atoms with Gasteiger partial charge >= 0.3 is 0 Å². The molecule has 0 aliphatic rings. The molecule has 2 aromatic heterocycles. The Morgan fingerprint density at radius 2 is 2.19 bits per heavy atom. The zero-order valence-electron chi connectivity index (χ0n) is 11.6. The third kappa shape index (κ3) is 3.03. The van der Waals surface area contributed by atoms with Gasteiger partial charge in [-0.2, -0.15) is 0 Å². The number of anilines is 1. The lowest BCUT2D eigenvalue weighted by Crippen LogP contribution is -2.22. The van der Waals surface area contributed by atoms with Crippen molar-refractivity contribution < 1.29 is 0 Å². The lowest BCUT2D eigenvalue weighted by molar-refractivity contribution is 0.945. The second-order valence-electron chi connectivity index (χ2n) is 4.72. The molecule has 0 atom stereocenters. The van der Waals surface area contributed by atoms with Crippen molar-refractivity contribution in [2.45, 2.75) is 13.5 Å². The number of benzene rings is 1. The average Bonchev–Trinajstić information content (AvgIpc) is 2.99. The molecule has 0 unspecified atom stereocenters. The highest BCUT2D eigenvalue weighted by Crippen LogP contribution is 2.11. The van der Waals surface area contributed by atoms with Crippen LogP contribution in [0.1, 0.15) is 10.4 Å². The van der Waals surface area contributed by atoms with E-state index in [0.29, 0.717) is 12.4 Å². The van der Waals surface area contributed by atoms with Crippen LogP contribution in [-0.4, -0.2) is 9.55 Å². The first kappa shape index (κ1) is 13.6. The van der Waals surface area contributed by atoms with Crippen molar-refractivity contribution in [1.82, 2.24) is 9.55 Å². The van der Waals surface area contributed by atoms with Crippen LogP contribution in [0.3, 0.4) is 0 Å². The fourth-order valence-corrected chi connectivity index (χ4v) is 2.74. The molecule has 0 amide bonds. The molecule has 1 N–H and O–H groups in total. The fourth-order valence-electron chi connectivity index (χ4n) is 2.10. The van der Waals surface area contributed by atoms with E-state index in [1.807, 2.05) is 48.7 Å². The number of nitrogens with one attached hydrogen (secondary N) is 1. The molecule has 0 saturated heterocycles. The van der Waals surface area contributed by atoms with Gasteiger partial charge in [-0.05, 0) is 36.1 Å². The van der Waals surface area contributed by atoms with Gasteiger partial charge in [0.05, 0.1) is 6.54 Å². The highest BCUT2D eigenvalue weighted by molar-refractivity contribution is 7.09. The Bertz CT molecular complexity index is 793. The third-order valence-electron chi connectivity index (χ3n) is 3.13. The molecule has 1 aromatic carbocycles. The number of hydrogen-bond donors (Lipinski definition) is 1. The largest absolute Gasteiger partial charge is 0.361 e. The van der Waals surface area contributed by atoms with Gasteiger partial charge in [0, 0.05) is 23.0 Å². The Labute approximate surface area is 126 Å². The van der Waals surface area contributed by atoms with Crippen LogP contribution in [0.5, 0.6) is 0 Å². The van der Waals surface area contributed by atoms with Gasteiger partial charge in [-0.25, -0.2) is 4.98 Å². The van der Waals surface area contributed by atoms with E-state index in [4.69, 9.17) is 0 Å². The van der Waals surface area contributed by atoms with Gasteiger partial charge in [-0.15, -0.1) is 11.3 Å². The highest BCUT2D eigenvalue weighted by Gasteiger charge is 2.06. The Balaban J connectivity index is 1.90. The highest BCUT2D eigenvalue weighted by atomic mass is 32.1. The predicted molar refractivity (Wildman–Crippen MR) is 86.2 cm³/mol. The van der Waals surface area contributed by atoms with Gasteiger partial charge < -0.3 is 5.32 Å². The molecule has 0 saturated carbocycles. The molecule has 106 valence electrons. The normalized spacial score (nSPS) is 10.5. The third-order valence-corrected chi connectivity index (χ3v) is 4.01. The first-order chi connectivity index (χ1) is 10.2. The molecule has 0 aliphatic carbocycles. The van der Waals surface area contributed by atoms with Gasteiger partial charge in [0.15, 0.2) is 5.82 Å². The second kappa shape index (κ2) is 5.93. The summed E-state index contributed by atoms with van der Waals surface area (Å²) in [6, 6.07) is 11.9. The Morgan fingerprint density at radius 1 is 1.29 bits per heavy atom. The van der Waals surface area contributed by atoms with Crippen LogP contribution < -0.4 is 10.9 Å². The maximum Gasteiger partial charge on any atom is 0.297 e. The van der Waals surface area contributed by atoms with Crippen molar-refractivity contribution in [3.63, 3.8) is 0 Å². The van der Waals surface area contributed by atoms with Crippen LogP contribution in [0.15, 0.2) is 59.0 Å². The van der Waals surface area contributed by atoms with Crippen molar-refractivity contribution in [1.29, 1.82) is 0 Å². The van der Waals surface area contributed by atoms with E-state index in [9.17, 15) is 4.79 Å². The van der Waals surface area contributed by atoms with Crippen LogP contribution in [0, 0.1) is 6.92 Å². The molecule has 3 aromatic rings. The van der Waals surface area contributed by atoms with Crippen molar-refractivity contribution in [2.24, 2.45) is 0 Å². The van der Waals surface area contributed by atoms with Crippen molar-refractivity contribution in [2.75, 3.05) is 5.32 Å². The topological polar surface area (TPSA) is 46.9 Å². The summed E-state index contributed by atoms with van der Waals surface area (Å²) >= 11 is 1.65. The van der Waals surface area contributed by atoms with Gasteiger partial charge in [-0.3, -0.25) is 9.36 Å². The summed E-state index contributed by atoms with van der Waals surface area (Å²) in [5, 5.41) is 5.12. The Hall–Kier alpha value is -2.40. The van der Waals surface area contributed by atoms with E-state index >= 15 is 0 Å². The lowest BCUT2D eigenvalue weighted by atomic mass is 10.2. The smallest absolute Gasteiger partial charge is 0.297 e. The molecule has 0 radical (unpaired) electrons. The first-order valence-electron chi connectivity index (χ1n) is 6.65. The van der Waals surface area contributed by atoms with Gasteiger partial charge in [0.25, 0.3) is 5.56 Å². The van der Waals surface area contributed by atoms with Gasteiger partial charge in [0.1, 0.15) is 0 Å². The first-order valence-corrected chi connectivity index (χ1v) is 7.53. The minimum Gasteiger partial charge on any atom is -0.361 e. The molecule has 0 bridgehead atoms. The molecule has 2 heterocycles. The van der Waals surface area contributed by atoms with E-state index in [2.05, 4.69) is 10.3 Å². The summed E-state index contributed by atoms with van der Waals surface area (Å²) in [5.41, 5.74) is 1.82. The molecule has 21 heavy (non-hydrogen) atoms. The molecule has 4 nitrogen and oxygen atoms in total. The van der Waals surface area contributed by atoms with Crippen LogP contribution in [0.25, 0.3) is 5.69 Å². The summed E-state index contributed by atoms with van der Waals surface area (Å²) < 4.78 is 1.61. The molecule has 0 spiro atoms. The quantitative estimate of drug-likeness (QED) is 0.804. The minimum atomic E-state index is -0.139. The summed E-state index contributed by atoms with van der Waals surface area (Å²) in [6.07, 6.45) is 3.33. The summed E-state index contributed by atoms with van der Waals surface area (Å²) in [5.74, 6) is 0.368. The molecule has 0 aliphatic heterocycles. The SMILES string of the molecule is Cc1cccc(-n2ccnc(NCc3cccs3)c2=O)c1. The maximum atomic E-state index is 12.5. The van der Waals surface area contributed by atoms with E-state index < -0.39 is 0 Å². The van der Waals surface area contributed by atoms with Gasteiger partial charge in [-0.1, -0.05) is 18.2 Å². The standard InChI is InChI=1S/C16H15N3OS/c1-12-4-2-5-13(10-12)19-8-7-17-15(16(19)20)18-11-14-6-3-9-21-14/h2-10H,11H2,1H3,(H,17,18). The maximum absolute atomic E-state index is 12.5. The van der Waals surface area contributed by atoms with Crippen molar-refractivity contribution >= 4 is 17.2 Å². The molecule has 5 heteroatoms. The molecular weight excluding hydrogens is 282 g/mol. The van der Waals surface area contributed by atoms with Crippen molar-refractivity contribution in [3.8, 4) is 5.69 Å². The summed E-state index contributed by atoms with van der Waals surface area (Å²) in [7, 11) is 0. The number of nitrogens with zero attached hydrogens (tertiary/aromatic N) is 2. The zero-order valence-corrected chi connectivity index (χ0v) is 12.4. The van der Waals surface area contributed by atoms with Crippen LogP contribution in [-0.2, 0) is 6.54 Å². The number of thiophene rings is 1. The van der Waals surface area contributed by atoms with E-state index in [0.717, 1.165) is 11.3 Å². The molecule has 0 fully saturated rings. The fraction of sp³-hybridized carbons (Fsp3) is 0.125. The monoisotopic (exact) mass is 297 g/mol. The average molecular weight is 297 g/mol. The number of aryl methyl sites for hydroxylation is 1. The molecular formula is C16H15N3OS. The van der Waals surface area contributed by atoms with Crippen molar-refractivity contribution in [3.05, 3.63) is 75.0 Å². The predicted octanol–water partition coefficient (Wildman–Crippen LogP) is 3.21. The van der Waals surface area contributed by atoms with Crippen LogP contribution in [0.2, 0.25) is 0 Å². The Kier molecular flexibility index (Phi) is 3.83. The second-order valence-corrected chi connectivity index (χ2v) is 5.76. The summed E-state index contributed by atoms with van der Waals surface area (Å²) in [4.78, 5) is 17.8. The van der Waals surface area contributed by atoms with Crippen LogP contribution >= 0.6 is 11.3 Å². The van der Waals surface area contributed by atoms with Crippen LogP contribution in [0.4, 0.5) is 5.82 Å². The minimum absolute atomic E-state index is 0.139. The number of rotatable bonds is 4. The zero-order chi connectivity index (χ0) is 14.7. The number of aromatic nitrogens is 2. The van der Waals surface area contributed by atoms with E-state index in [1.54, 1.807) is 28.3 Å². The van der Waals surface area contributed by atoms with Gasteiger partial charge in [0.2, 0.25) is 0 Å². The number of hydrogen-bond acceptors (Lipinski definition) is 4. The lowest BCUT2D eigenvalue weighted by Gasteiger charge is -2.09. The van der Waals surface area contributed by atoms with E-state index in [-0.39, 0.29) is 5.56 Å². The molecule has 3 rings (SSSR count). The summed E-state index contributed by atoms with van der Waals surface area (Å²) in [6.45, 7) is 2.61.